The molecule has 2 amide bonds. The number of nitrogens with one attached hydrogen (secondary N) is 1. The molecule has 1 atom stereocenters. The average molecular weight is 410 g/mol. The van der Waals surface area contributed by atoms with Crippen LogP contribution in [-0.2, 0) is 20.9 Å². The lowest BCUT2D eigenvalue weighted by molar-refractivity contribution is -0.151. The SMILES string of the molecule is CC(C)OC(=O)C[C@@H]1C(=O)NCCN1C(=O)c1ccccc1OCc1ccccc1. The number of amides is 2. The fourth-order valence-electron chi connectivity index (χ4n) is 3.29. The highest BCUT2D eigenvalue weighted by molar-refractivity contribution is 6.01. The van der Waals surface area contributed by atoms with Crippen molar-refractivity contribution in [2.24, 2.45) is 0 Å². The van der Waals surface area contributed by atoms with Gasteiger partial charge < -0.3 is 19.7 Å². The monoisotopic (exact) mass is 410 g/mol. The summed E-state index contributed by atoms with van der Waals surface area (Å²) >= 11 is 0. The van der Waals surface area contributed by atoms with E-state index in [9.17, 15) is 14.4 Å². The first kappa shape index (κ1) is 21.4. The first-order valence-electron chi connectivity index (χ1n) is 9.99. The summed E-state index contributed by atoms with van der Waals surface area (Å²) in [6.45, 7) is 4.42. The zero-order chi connectivity index (χ0) is 21.5. The summed E-state index contributed by atoms with van der Waals surface area (Å²) in [5.74, 6) is -0.798. The Bertz CT molecular complexity index is 897. The Hall–Kier alpha value is -3.35. The predicted octanol–water partition coefficient (Wildman–Crippen LogP) is 2.55. The number of nitrogens with zero attached hydrogens (tertiary/aromatic N) is 1. The van der Waals surface area contributed by atoms with E-state index >= 15 is 0 Å². The van der Waals surface area contributed by atoms with Crippen LogP contribution >= 0.6 is 0 Å². The zero-order valence-electron chi connectivity index (χ0n) is 17.2. The van der Waals surface area contributed by atoms with Crippen LogP contribution in [0.5, 0.6) is 5.75 Å². The minimum Gasteiger partial charge on any atom is -0.488 e. The van der Waals surface area contributed by atoms with E-state index in [1.165, 1.54) is 4.90 Å². The summed E-state index contributed by atoms with van der Waals surface area (Å²) < 4.78 is 11.1. The van der Waals surface area contributed by atoms with Gasteiger partial charge in [-0.3, -0.25) is 14.4 Å². The minimum absolute atomic E-state index is 0.192. The summed E-state index contributed by atoms with van der Waals surface area (Å²) in [6, 6.07) is 15.6. The molecule has 0 saturated carbocycles. The molecule has 1 aliphatic heterocycles. The fourth-order valence-corrected chi connectivity index (χ4v) is 3.29. The second-order valence-corrected chi connectivity index (χ2v) is 7.32. The second-order valence-electron chi connectivity index (χ2n) is 7.32. The van der Waals surface area contributed by atoms with Crippen molar-refractivity contribution in [2.45, 2.75) is 39.0 Å². The molecular weight excluding hydrogens is 384 g/mol. The van der Waals surface area contributed by atoms with Gasteiger partial charge in [0.2, 0.25) is 5.91 Å². The summed E-state index contributed by atoms with van der Waals surface area (Å²) in [5, 5.41) is 2.72. The number of para-hydroxylation sites is 1. The van der Waals surface area contributed by atoms with Crippen LogP contribution in [0.3, 0.4) is 0 Å². The minimum atomic E-state index is -0.917. The van der Waals surface area contributed by atoms with Gasteiger partial charge in [0, 0.05) is 13.1 Å². The van der Waals surface area contributed by atoms with E-state index in [1.54, 1.807) is 38.1 Å². The van der Waals surface area contributed by atoms with E-state index in [4.69, 9.17) is 9.47 Å². The third-order valence-electron chi connectivity index (χ3n) is 4.67. The van der Waals surface area contributed by atoms with Gasteiger partial charge in [0.05, 0.1) is 18.1 Å². The Kier molecular flexibility index (Phi) is 7.06. The normalized spacial score (nSPS) is 16.2. The first-order valence-corrected chi connectivity index (χ1v) is 9.99. The number of benzene rings is 2. The molecule has 0 aromatic heterocycles. The number of esters is 1. The Balaban J connectivity index is 1.78. The van der Waals surface area contributed by atoms with Crippen LogP contribution in [0.25, 0.3) is 0 Å². The van der Waals surface area contributed by atoms with Crippen LogP contribution in [0.4, 0.5) is 0 Å². The molecule has 2 aromatic rings. The molecular formula is C23H26N2O5. The molecule has 0 unspecified atom stereocenters. The zero-order valence-corrected chi connectivity index (χ0v) is 17.2. The maximum absolute atomic E-state index is 13.3. The van der Waals surface area contributed by atoms with Crippen LogP contribution < -0.4 is 10.1 Å². The number of carbonyl (C=O) groups excluding carboxylic acids is 3. The summed E-state index contributed by atoms with van der Waals surface area (Å²) in [6.07, 6.45) is -0.483. The van der Waals surface area contributed by atoms with Crippen molar-refractivity contribution in [1.29, 1.82) is 0 Å². The lowest BCUT2D eigenvalue weighted by atomic mass is 10.1. The largest absolute Gasteiger partial charge is 0.488 e. The standard InChI is InChI=1S/C23H26N2O5/c1-16(2)30-21(26)14-19-22(27)24-12-13-25(19)23(28)18-10-6-7-11-20(18)29-15-17-8-4-3-5-9-17/h3-11,16,19H,12-15H2,1-2H3,(H,24,27)/t19-/m1/s1. The van der Waals surface area contributed by atoms with Crippen molar-refractivity contribution in [3.8, 4) is 5.75 Å². The number of carbonyl (C=O) groups is 3. The molecule has 7 heteroatoms. The highest BCUT2D eigenvalue weighted by Gasteiger charge is 2.36. The quantitative estimate of drug-likeness (QED) is 0.709. The van der Waals surface area contributed by atoms with Gasteiger partial charge in [-0.2, -0.15) is 0 Å². The molecule has 2 aromatic carbocycles. The molecule has 3 rings (SSSR count). The maximum atomic E-state index is 13.3. The lowest BCUT2D eigenvalue weighted by Crippen LogP contribution is -2.58. The highest BCUT2D eigenvalue weighted by Crippen LogP contribution is 2.24. The van der Waals surface area contributed by atoms with Crippen LogP contribution in [0.2, 0.25) is 0 Å². The van der Waals surface area contributed by atoms with Gasteiger partial charge in [0.15, 0.2) is 0 Å². The van der Waals surface area contributed by atoms with Gasteiger partial charge in [-0.25, -0.2) is 0 Å². The maximum Gasteiger partial charge on any atom is 0.308 e. The molecule has 1 saturated heterocycles. The molecule has 0 aliphatic carbocycles. The van der Waals surface area contributed by atoms with Gasteiger partial charge in [0.25, 0.3) is 5.91 Å². The lowest BCUT2D eigenvalue weighted by Gasteiger charge is -2.35. The molecule has 7 nitrogen and oxygen atoms in total. The molecule has 1 heterocycles. The van der Waals surface area contributed by atoms with Gasteiger partial charge in [0.1, 0.15) is 18.4 Å². The fraction of sp³-hybridized carbons (Fsp3) is 0.348. The molecule has 1 aliphatic rings. The predicted molar refractivity (Wildman–Crippen MR) is 111 cm³/mol. The number of hydrogen-bond acceptors (Lipinski definition) is 5. The van der Waals surface area contributed by atoms with Crippen molar-refractivity contribution in [3.63, 3.8) is 0 Å². The van der Waals surface area contributed by atoms with E-state index in [1.807, 2.05) is 30.3 Å². The molecule has 0 bridgehead atoms. The van der Waals surface area contributed by atoms with Crippen LogP contribution in [0.15, 0.2) is 54.6 Å². The Labute approximate surface area is 176 Å². The second kappa shape index (κ2) is 9.91. The molecule has 0 spiro atoms. The molecule has 158 valence electrons. The summed E-state index contributed by atoms with van der Waals surface area (Å²) in [4.78, 5) is 39.3. The number of rotatable bonds is 7. The van der Waals surface area contributed by atoms with E-state index in [-0.39, 0.29) is 24.3 Å². The van der Waals surface area contributed by atoms with Gasteiger partial charge in [-0.1, -0.05) is 42.5 Å². The molecule has 0 radical (unpaired) electrons. The Morgan fingerprint density at radius 1 is 1.10 bits per heavy atom. The van der Waals surface area contributed by atoms with Gasteiger partial charge in [-0.15, -0.1) is 0 Å². The third-order valence-corrected chi connectivity index (χ3v) is 4.67. The third kappa shape index (κ3) is 5.37. The van der Waals surface area contributed by atoms with Crippen LogP contribution in [-0.4, -0.2) is 47.9 Å². The van der Waals surface area contributed by atoms with Crippen molar-refractivity contribution < 1.29 is 23.9 Å². The van der Waals surface area contributed by atoms with E-state index in [0.29, 0.717) is 31.0 Å². The Morgan fingerprint density at radius 3 is 2.53 bits per heavy atom. The van der Waals surface area contributed by atoms with Crippen LogP contribution in [0, 0.1) is 0 Å². The van der Waals surface area contributed by atoms with Gasteiger partial charge in [-0.05, 0) is 31.5 Å². The Morgan fingerprint density at radius 2 is 1.80 bits per heavy atom. The van der Waals surface area contributed by atoms with Gasteiger partial charge >= 0.3 is 5.97 Å². The number of ether oxygens (including phenoxy) is 2. The highest BCUT2D eigenvalue weighted by atomic mass is 16.5. The molecule has 1 N–H and O–H groups in total. The summed E-state index contributed by atoms with van der Waals surface area (Å²) in [5.41, 5.74) is 1.33. The van der Waals surface area contributed by atoms with Crippen molar-refractivity contribution in [1.82, 2.24) is 10.2 Å². The smallest absolute Gasteiger partial charge is 0.308 e. The topological polar surface area (TPSA) is 84.9 Å². The van der Waals surface area contributed by atoms with Crippen molar-refractivity contribution in [3.05, 3.63) is 65.7 Å². The number of hydrogen-bond donors (Lipinski definition) is 1. The van der Waals surface area contributed by atoms with Crippen LogP contribution in [0.1, 0.15) is 36.2 Å². The van der Waals surface area contributed by atoms with E-state index < -0.39 is 12.0 Å². The van der Waals surface area contributed by atoms with E-state index in [0.717, 1.165) is 5.56 Å². The van der Waals surface area contributed by atoms with Crippen molar-refractivity contribution in [2.75, 3.05) is 13.1 Å². The average Bonchev–Trinajstić information content (AvgIpc) is 2.73. The first-order chi connectivity index (χ1) is 14.5. The summed E-state index contributed by atoms with van der Waals surface area (Å²) in [7, 11) is 0. The molecule has 30 heavy (non-hydrogen) atoms. The van der Waals surface area contributed by atoms with Crippen molar-refractivity contribution >= 4 is 17.8 Å². The number of piperazine rings is 1. The molecule has 1 fully saturated rings. The van der Waals surface area contributed by atoms with E-state index in [2.05, 4.69) is 5.32 Å².